The van der Waals surface area contributed by atoms with Crippen molar-refractivity contribution in [2.75, 3.05) is 6.61 Å². The summed E-state index contributed by atoms with van der Waals surface area (Å²) in [6.45, 7) is 10.00. The minimum Gasteiger partial charge on any atom is -0.507 e. The molecule has 52 heavy (non-hydrogen) atoms. The highest BCUT2D eigenvalue weighted by Gasteiger charge is 2.44. The van der Waals surface area contributed by atoms with Gasteiger partial charge in [0.2, 0.25) is 11.7 Å². The number of aliphatic hydroxyl groups excluding tert-OH is 4. The van der Waals surface area contributed by atoms with Gasteiger partial charge in [0.1, 0.15) is 58.9 Å². The first-order valence-corrected chi connectivity index (χ1v) is 17.2. The first-order chi connectivity index (χ1) is 24.7. The molecule has 5 N–H and O–H groups in total. The first-order valence-electron chi connectivity index (χ1n) is 17.2. The van der Waals surface area contributed by atoms with E-state index in [2.05, 4.69) is 32.9 Å². The van der Waals surface area contributed by atoms with E-state index in [-0.39, 0.29) is 33.4 Å². The van der Waals surface area contributed by atoms with Crippen molar-refractivity contribution in [1.82, 2.24) is 0 Å². The lowest BCUT2D eigenvalue weighted by Crippen LogP contribution is -2.60. The molecule has 1 fully saturated rings. The van der Waals surface area contributed by atoms with Gasteiger partial charge in [-0.2, -0.15) is 0 Å². The summed E-state index contributed by atoms with van der Waals surface area (Å²) in [6, 6.07) is 8.65. The molecule has 3 aromatic rings. The van der Waals surface area contributed by atoms with Crippen molar-refractivity contribution in [2.24, 2.45) is 5.41 Å². The zero-order valence-corrected chi connectivity index (χ0v) is 29.9. The van der Waals surface area contributed by atoms with Gasteiger partial charge in [0.25, 0.3) is 0 Å². The highest BCUT2D eigenvalue weighted by atomic mass is 16.7. The summed E-state index contributed by atoms with van der Waals surface area (Å²) in [6.07, 6.45) is 8.62. The number of ether oxygens (including phenoxy) is 3. The van der Waals surface area contributed by atoms with Crippen LogP contribution in [0.25, 0.3) is 22.1 Å². The summed E-state index contributed by atoms with van der Waals surface area (Å²) in [5, 5.41) is 50.3. The Labute approximate surface area is 302 Å². The van der Waals surface area contributed by atoms with Crippen LogP contribution in [-0.2, 0) is 9.53 Å². The molecule has 2 heterocycles. The monoisotopic (exact) mass is 714 g/mol. The fraction of sp³-hybridized carbons (Fsp3) is 0.366. The van der Waals surface area contributed by atoms with Crippen LogP contribution >= 0.6 is 0 Å². The van der Waals surface area contributed by atoms with Crippen LogP contribution in [0.1, 0.15) is 53.9 Å². The molecule has 5 atom stereocenters. The fourth-order valence-electron chi connectivity index (χ4n) is 6.49. The van der Waals surface area contributed by atoms with E-state index < -0.39 is 54.5 Å². The second-order valence-electron chi connectivity index (χ2n) is 14.0. The van der Waals surface area contributed by atoms with Crippen LogP contribution in [0, 0.1) is 5.41 Å². The molecule has 2 aliphatic rings. The second-order valence-corrected chi connectivity index (χ2v) is 14.0. The van der Waals surface area contributed by atoms with E-state index in [0.29, 0.717) is 11.1 Å². The minimum absolute atomic E-state index is 0.0339. The maximum Gasteiger partial charge on any atom is 0.336 e. The maximum atomic E-state index is 13.4. The Balaban J connectivity index is 1.22. The summed E-state index contributed by atoms with van der Waals surface area (Å²) in [7, 11) is 0. The summed E-state index contributed by atoms with van der Waals surface area (Å²) < 4.78 is 22.0. The summed E-state index contributed by atoms with van der Waals surface area (Å²) in [5.41, 5.74) is 4.83. The van der Waals surface area contributed by atoms with Gasteiger partial charge in [0.15, 0.2) is 0 Å². The Hall–Kier alpha value is -4.78. The van der Waals surface area contributed by atoms with Crippen LogP contribution in [0.5, 0.6) is 17.2 Å². The summed E-state index contributed by atoms with van der Waals surface area (Å²) in [4.78, 5) is 26.0. The number of carbonyl (C=O) groups is 1. The van der Waals surface area contributed by atoms with Crippen molar-refractivity contribution in [1.29, 1.82) is 0 Å². The molecule has 0 spiro atoms. The Morgan fingerprint density at radius 1 is 1.00 bits per heavy atom. The lowest BCUT2D eigenvalue weighted by molar-refractivity contribution is -0.277. The minimum atomic E-state index is -1.67. The largest absolute Gasteiger partial charge is 0.507 e. The molecule has 1 aromatic heterocycles. The SMILES string of the molecule is CC(C=CC1=C(C)CCCC1(C)C)=CC=CC(C)=CC(=O)Oc1ccc(-c2coc3cc(O[C@@H]4OC(CO)[C@@H](O)[C@H](O)C4O)cc(O)c3c2=O)cc1. The maximum absolute atomic E-state index is 13.4. The third-order valence-electron chi connectivity index (χ3n) is 9.43. The molecule has 11 nitrogen and oxygen atoms in total. The molecule has 11 heteroatoms. The van der Waals surface area contributed by atoms with Gasteiger partial charge in [0.05, 0.1) is 12.2 Å². The number of phenols is 1. The van der Waals surface area contributed by atoms with E-state index >= 15 is 0 Å². The Morgan fingerprint density at radius 3 is 2.42 bits per heavy atom. The van der Waals surface area contributed by atoms with E-state index in [9.17, 15) is 35.1 Å². The third-order valence-corrected chi connectivity index (χ3v) is 9.43. The lowest BCUT2D eigenvalue weighted by atomic mass is 9.72. The van der Waals surface area contributed by atoms with Crippen molar-refractivity contribution >= 4 is 16.9 Å². The quantitative estimate of drug-likeness (QED) is 0.0745. The van der Waals surface area contributed by atoms with Crippen LogP contribution in [-0.4, -0.2) is 68.8 Å². The van der Waals surface area contributed by atoms with Gasteiger partial charge >= 0.3 is 5.97 Å². The van der Waals surface area contributed by atoms with E-state index in [1.807, 2.05) is 25.2 Å². The number of phenolic OH excluding ortho intramolecular Hbond substituents is 1. The van der Waals surface area contributed by atoms with Crippen molar-refractivity contribution in [3.63, 3.8) is 0 Å². The van der Waals surface area contributed by atoms with Crippen LogP contribution in [0.2, 0.25) is 0 Å². The number of hydrogen-bond donors (Lipinski definition) is 5. The van der Waals surface area contributed by atoms with Gasteiger partial charge in [-0.05, 0) is 74.3 Å². The van der Waals surface area contributed by atoms with Crippen LogP contribution in [0.3, 0.4) is 0 Å². The number of esters is 1. The zero-order valence-electron chi connectivity index (χ0n) is 29.9. The molecular formula is C41H46O11. The number of rotatable bonds is 10. The molecule has 2 unspecified atom stereocenters. The fourth-order valence-corrected chi connectivity index (χ4v) is 6.49. The number of carbonyl (C=O) groups excluding carboxylic acids is 1. The molecule has 0 amide bonds. The van der Waals surface area contributed by atoms with E-state index in [1.165, 1.54) is 54.5 Å². The van der Waals surface area contributed by atoms with E-state index in [4.69, 9.17) is 18.6 Å². The second kappa shape index (κ2) is 16.3. The number of fused-ring (bicyclic) bond motifs is 1. The van der Waals surface area contributed by atoms with Crippen LogP contribution < -0.4 is 14.9 Å². The highest BCUT2D eigenvalue weighted by Crippen LogP contribution is 2.41. The first kappa shape index (κ1) is 38.5. The highest BCUT2D eigenvalue weighted by molar-refractivity contribution is 5.88. The molecular weight excluding hydrogens is 668 g/mol. The van der Waals surface area contributed by atoms with Gasteiger partial charge in [-0.25, -0.2) is 4.79 Å². The molecule has 0 radical (unpaired) electrons. The van der Waals surface area contributed by atoms with Gasteiger partial charge < -0.3 is 44.2 Å². The van der Waals surface area contributed by atoms with E-state index in [0.717, 1.165) is 18.1 Å². The van der Waals surface area contributed by atoms with Gasteiger partial charge in [-0.1, -0.05) is 67.5 Å². The average molecular weight is 715 g/mol. The molecule has 276 valence electrons. The molecule has 0 bridgehead atoms. The molecule has 2 aromatic carbocycles. The number of benzene rings is 2. The standard InChI is InChI=1S/C41H46O11/c1-23(11-16-30-25(3)10-7-17-41(30,4)5)8-6-9-24(2)18-34(44)50-27-14-12-26(13-15-27)29-22-49-32-20-28(19-31(43)35(32)36(29)45)51-40-39(48)38(47)37(46)33(21-42)52-40/h6,8-9,11-16,18-20,22,33,37-40,42-43,46-48H,7,10,17,21H2,1-5H3/t33?,37-,38+,39?,40-/m1/s1. The summed E-state index contributed by atoms with van der Waals surface area (Å²) >= 11 is 0. The Morgan fingerprint density at radius 2 is 1.73 bits per heavy atom. The molecule has 0 saturated carbocycles. The van der Waals surface area contributed by atoms with Crippen LogP contribution in [0.15, 0.2) is 111 Å². The smallest absolute Gasteiger partial charge is 0.336 e. The lowest BCUT2D eigenvalue weighted by Gasteiger charge is -2.39. The number of allylic oxidation sites excluding steroid dienone is 9. The number of aromatic hydroxyl groups is 1. The zero-order chi connectivity index (χ0) is 37.7. The van der Waals surface area contributed by atoms with Gasteiger partial charge in [0, 0.05) is 18.2 Å². The summed E-state index contributed by atoms with van der Waals surface area (Å²) in [5.74, 6) is -0.842. The average Bonchev–Trinajstić information content (AvgIpc) is 3.08. The normalized spacial score (nSPS) is 24.2. The van der Waals surface area contributed by atoms with Crippen molar-refractivity contribution in [3.05, 3.63) is 112 Å². The Bertz CT molecular complexity index is 1990. The molecule has 1 aliphatic heterocycles. The van der Waals surface area contributed by atoms with E-state index in [1.54, 1.807) is 19.1 Å². The third kappa shape index (κ3) is 8.80. The molecule has 5 rings (SSSR count). The molecule has 1 aliphatic carbocycles. The van der Waals surface area contributed by atoms with Gasteiger partial charge in [-0.3, -0.25) is 4.79 Å². The van der Waals surface area contributed by atoms with Crippen molar-refractivity contribution in [2.45, 2.75) is 84.6 Å². The number of hydrogen-bond acceptors (Lipinski definition) is 11. The molecule has 1 saturated heterocycles. The van der Waals surface area contributed by atoms with Crippen molar-refractivity contribution in [3.8, 4) is 28.4 Å². The van der Waals surface area contributed by atoms with Crippen LogP contribution in [0.4, 0.5) is 0 Å². The number of aliphatic hydroxyl groups is 4. The van der Waals surface area contributed by atoms with Gasteiger partial charge in [-0.15, -0.1) is 0 Å². The predicted molar refractivity (Wildman–Crippen MR) is 196 cm³/mol. The topological polar surface area (TPSA) is 176 Å². The Kier molecular flexibility index (Phi) is 12.0. The van der Waals surface area contributed by atoms with Crippen molar-refractivity contribution < 1.29 is 49.0 Å². The predicted octanol–water partition coefficient (Wildman–Crippen LogP) is 5.78.